The Morgan fingerprint density at radius 3 is 2.60 bits per heavy atom. The van der Waals surface area contributed by atoms with Gasteiger partial charge in [-0.05, 0) is 12.1 Å². The number of halogens is 3. The number of alkyl halides is 1. The molecule has 82 valence electrons. The number of nitrogens with zero attached hydrogens (tertiary/aromatic N) is 2. The maximum Gasteiger partial charge on any atom is 0.262 e. The van der Waals surface area contributed by atoms with Crippen LogP contribution in [0.1, 0.15) is 0 Å². The Labute approximate surface area is 104 Å². The molecule has 1 aromatic heterocycles. The molecule has 0 atom stereocenters. The van der Waals surface area contributed by atoms with Gasteiger partial charge in [0.25, 0.3) is 5.56 Å². The number of benzene rings is 1. The largest absolute Gasteiger partial charge is 0.284 e. The van der Waals surface area contributed by atoms with Gasteiger partial charge in [-0.15, -0.1) is 36.4 Å². The van der Waals surface area contributed by atoms with Crippen LogP contribution in [0.4, 0.5) is 0 Å². The van der Waals surface area contributed by atoms with E-state index in [1.54, 1.807) is 12.1 Å². The molecule has 0 radical (unpaired) electrons. The molecule has 0 aliphatic heterocycles. The minimum absolute atomic E-state index is 0. The van der Waals surface area contributed by atoms with E-state index in [0.29, 0.717) is 10.9 Å². The van der Waals surface area contributed by atoms with E-state index in [2.05, 4.69) is 4.98 Å². The summed E-state index contributed by atoms with van der Waals surface area (Å²) < 4.78 is 1.36. The average Bonchev–Trinajstić information content (AvgIpc) is 2.19. The minimum atomic E-state index is -0.0967. The summed E-state index contributed by atoms with van der Waals surface area (Å²) >= 11 is 5.56. The Morgan fingerprint density at radius 2 is 1.93 bits per heavy atom. The third kappa shape index (κ3) is 2.62. The lowest BCUT2D eigenvalue weighted by molar-refractivity contribution is 0.816. The van der Waals surface area contributed by atoms with Crippen molar-refractivity contribution in [1.82, 2.24) is 9.55 Å². The summed E-state index contributed by atoms with van der Waals surface area (Å²) in [5, 5.41) is 0.602. The summed E-state index contributed by atoms with van der Waals surface area (Å²) in [6.07, 6.45) is 1.46. The molecule has 0 bridgehead atoms. The van der Waals surface area contributed by atoms with Crippen molar-refractivity contribution in [3.05, 3.63) is 40.9 Å². The maximum absolute atomic E-state index is 11.6. The average molecular weight is 268 g/mol. The molecule has 0 aliphatic rings. The summed E-state index contributed by atoms with van der Waals surface area (Å²) in [7, 11) is 0. The van der Waals surface area contributed by atoms with Crippen LogP contribution in [-0.2, 0) is 6.00 Å². The Bertz CT molecular complexity index is 498. The molecule has 2 aromatic rings. The topological polar surface area (TPSA) is 34.9 Å². The fraction of sp³-hybridized carbons (Fsp3) is 0.111. The normalized spacial score (nSPS) is 9.13. The van der Waals surface area contributed by atoms with E-state index in [4.69, 9.17) is 11.6 Å². The van der Waals surface area contributed by atoms with Crippen LogP contribution in [0.3, 0.4) is 0 Å². The molecule has 0 spiro atoms. The fourth-order valence-corrected chi connectivity index (χ4v) is 1.36. The van der Waals surface area contributed by atoms with E-state index >= 15 is 0 Å². The third-order valence-corrected chi connectivity index (χ3v) is 2.12. The van der Waals surface area contributed by atoms with E-state index in [9.17, 15) is 4.79 Å². The second-order valence-electron chi connectivity index (χ2n) is 2.66. The highest BCUT2D eigenvalue weighted by atomic mass is 35.5. The molecule has 1 aromatic carbocycles. The van der Waals surface area contributed by atoms with Gasteiger partial charge >= 0.3 is 0 Å². The molecular weight excluding hydrogens is 258 g/mol. The van der Waals surface area contributed by atoms with E-state index in [0.717, 1.165) is 0 Å². The van der Waals surface area contributed by atoms with Gasteiger partial charge in [0.1, 0.15) is 6.00 Å². The number of para-hydroxylation sites is 1. The molecule has 0 N–H and O–H groups in total. The third-order valence-electron chi connectivity index (χ3n) is 1.86. The lowest BCUT2D eigenvalue weighted by Gasteiger charge is -2.00. The molecule has 3 nitrogen and oxygen atoms in total. The monoisotopic (exact) mass is 266 g/mol. The summed E-state index contributed by atoms with van der Waals surface area (Å²) in [4.78, 5) is 15.7. The summed E-state index contributed by atoms with van der Waals surface area (Å²) in [6, 6.07) is 7.34. The van der Waals surface area contributed by atoms with Crippen molar-refractivity contribution in [3.8, 4) is 0 Å². The first-order chi connectivity index (χ1) is 6.33. The second kappa shape index (κ2) is 5.95. The molecule has 0 fully saturated rings. The molecule has 0 unspecified atom stereocenters. The lowest BCUT2D eigenvalue weighted by Crippen LogP contribution is -2.18. The zero-order valence-corrected chi connectivity index (χ0v) is 9.98. The number of hydrogen-bond acceptors (Lipinski definition) is 2. The van der Waals surface area contributed by atoms with Gasteiger partial charge in [0.15, 0.2) is 0 Å². The lowest BCUT2D eigenvalue weighted by atomic mass is 10.2. The highest BCUT2D eigenvalue weighted by Gasteiger charge is 2.00. The Kier molecular flexibility index (Phi) is 5.65. The number of aromatic nitrogens is 2. The highest BCUT2D eigenvalue weighted by molar-refractivity contribution is 6.15. The first kappa shape index (κ1) is 14.2. The Morgan fingerprint density at radius 1 is 1.27 bits per heavy atom. The molecule has 0 saturated heterocycles. The SMILES string of the molecule is Cl.Cl.O=c1c2ccccc2ncn1CCl. The first-order valence-corrected chi connectivity index (χ1v) is 4.36. The Balaban J connectivity index is 0.000000980. The zero-order valence-electron chi connectivity index (χ0n) is 7.59. The van der Waals surface area contributed by atoms with Crippen molar-refractivity contribution in [2.75, 3.05) is 0 Å². The van der Waals surface area contributed by atoms with Gasteiger partial charge in [-0.1, -0.05) is 12.1 Å². The molecule has 1 heterocycles. The van der Waals surface area contributed by atoms with Gasteiger partial charge in [0.05, 0.1) is 17.2 Å². The minimum Gasteiger partial charge on any atom is -0.284 e. The Hall–Kier alpha value is -0.770. The van der Waals surface area contributed by atoms with E-state index in [1.165, 1.54) is 10.9 Å². The van der Waals surface area contributed by atoms with Crippen molar-refractivity contribution in [1.29, 1.82) is 0 Å². The van der Waals surface area contributed by atoms with Crippen LogP contribution in [0.15, 0.2) is 35.4 Å². The standard InChI is InChI=1S/C9H7ClN2O.2ClH/c10-5-12-6-11-8-4-2-1-3-7(8)9(12)13;;/h1-4,6H,5H2;2*1H. The number of hydrogen-bond donors (Lipinski definition) is 0. The van der Waals surface area contributed by atoms with Gasteiger partial charge in [-0.2, -0.15) is 0 Å². The van der Waals surface area contributed by atoms with Gasteiger partial charge < -0.3 is 0 Å². The van der Waals surface area contributed by atoms with Crippen LogP contribution in [0.25, 0.3) is 10.9 Å². The second-order valence-corrected chi connectivity index (χ2v) is 2.90. The first-order valence-electron chi connectivity index (χ1n) is 3.83. The van der Waals surface area contributed by atoms with Crippen LogP contribution < -0.4 is 5.56 Å². The fourth-order valence-electron chi connectivity index (χ4n) is 1.19. The van der Waals surface area contributed by atoms with E-state index in [-0.39, 0.29) is 36.4 Å². The van der Waals surface area contributed by atoms with Crippen LogP contribution >= 0.6 is 36.4 Å². The summed E-state index contributed by atoms with van der Waals surface area (Å²) in [5.74, 6) is 0. The van der Waals surface area contributed by atoms with Gasteiger partial charge in [-0.3, -0.25) is 9.36 Å². The van der Waals surface area contributed by atoms with Crippen LogP contribution in [0, 0.1) is 0 Å². The molecule has 0 amide bonds. The van der Waals surface area contributed by atoms with Crippen molar-refractivity contribution >= 4 is 47.3 Å². The number of fused-ring (bicyclic) bond motifs is 1. The van der Waals surface area contributed by atoms with Gasteiger partial charge in [0, 0.05) is 0 Å². The summed E-state index contributed by atoms with van der Waals surface area (Å²) in [6.45, 7) is 0. The molecule has 0 aliphatic carbocycles. The van der Waals surface area contributed by atoms with E-state index < -0.39 is 0 Å². The van der Waals surface area contributed by atoms with Crippen molar-refractivity contribution in [2.45, 2.75) is 6.00 Å². The maximum atomic E-state index is 11.6. The predicted molar refractivity (Wildman–Crippen MR) is 66.4 cm³/mol. The molecule has 0 saturated carbocycles. The predicted octanol–water partition coefficient (Wildman–Crippen LogP) is 2.44. The quantitative estimate of drug-likeness (QED) is 0.744. The smallest absolute Gasteiger partial charge is 0.262 e. The van der Waals surface area contributed by atoms with Crippen molar-refractivity contribution < 1.29 is 0 Å². The van der Waals surface area contributed by atoms with Crippen molar-refractivity contribution in [3.63, 3.8) is 0 Å². The highest BCUT2D eigenvalue weighted by Crippen LogP contribution is 2.04. The molecular formula is C9H9Cl3N2O. The molecule has 6 heteroatoms. The van der Waals surface area contributed by atoms with Crippen molar-refractivity contribution in [2.24, 2.45) is 0 Å². The summed E-state index contributed by atoms with van der Waals surface area (Å²) in [5.41, 5.74) is 0.606. The molecule has 2 rings (SSSR count). The van der Waals surface area contributed by atoms with E-state index in [1.807, 2.05) is 12.1 Å². The van der Waals surface area contributed by atoms with Crippen LogP contribution in [0.5, 0.6) is 0 Å². The van der Waals surface area contributed by atoms with Gasteiger partial charge in [0.2, 0.25) is 0 Å². The van der Waals surface area contributed by atoms with Crippen LogP contribution in [-0.4, -0.2) is 9.55 Å². The molecule has 15 heavy (non-hydrogen) atoms. The zero-order chi connectivity index (χ0) is 9.26. The van der Waals surface area contributed by atoms with Crippen LogP contribution in [0.2, 0.25) is 0 Å². The van der Waals surface area contributed by atoms with Gasteiger partial charge in [-0.25, -0.2) is 4.98 Å². The number of rotatable bonds is 1.